The first-order valence-electron chi connectivity index (χ1n) is 6.28. The van der Waals surface area contributed by atoms with Crippen LogP contribution in [0.4, 0.5) is 5.69 Å². The number of benzene rings is 1. The van der Waals surface area contributed by atoms with E-state index in [0.29, 0.717) is 6.04 Å². The van der Waals surface area contributed by atoms with Crippen LogP contribution in [0.1, 0.15) is 23.2 Å². The Bertz CT molecular complexity index is 434. The lowest BCUT2D eigenvalue weighted by Crippen LogP contribution is -2.45. The molecule has 0 bridgehead atoms. The summed E-state index contributed by atoms with van der Waals surface area (Å²) in [5.41, 5.74) is 1.82. The number of likely N-dealkylation sites (N-methyl/N-ethyl adjacent to an activating group) is 1. The maximum Gasteiger partial charge on any atom is 0.152 e. The topological polar surface area (TPSA) is 23.6 Å². The van der Waals surface area contributed by atoms with Crippen LogP contribution < -0.4 is 4.90 Å². The smallest absolute Gasteiger partial charge is 0.152 e. The molecule has 4 heteroatoms. The summed E-state index contributed by atoms with van der Waals surface area (Å²) >= 11 is 3.48. The minimum atomic E-state index is 0.567. The summed E-state index contributed by atoms with van der Waals surface area (Å²) in [6, 6.07) is 6.41. The van der Waals surface area contributed by atoms with Gasteiger partial charge in [0.15, 0.2) is 6.29 Å². The zero-order chi connectivity index (χ0) is 13.1. The third-order valence-electron chi connectivity index (χ3n) is 3.59. The predicted molar refractivity (Wildman–Crippen MR) is 78.5 cm³/mol. The van der Waals surface area contributed by atoms with Gasteiger partial charge in [-0.15, -0.1) is 0 Å². The van der Waals surface area contributed by atoms with Gasteiger partial charge < -0.3 is 9.80 Å². The summed E-state index contributed by atoms with van der Waals surface area (Å²) in [5.74, 6) is 0. The molecule has 0 aliphatic carbocycles. The number of rotatable bonds is 3. The molecule has 0 saturated carbocycles. The maximum absolute atomic E-state index is 11.1. The van der Waals surface area contributed by atoms with Crippen LogP contribution in [0.5, 0.6) is 0 Å². The number of carbonyl (C=O) groups excluding carboxylic acids is 1. The third kappa shape index (κ3) is 2.93. The first kappa shape index (κ1) is 13.6. The molecule has 18 heavy (non-hydrogen) atoms. The fourth-order valence-corrected chi connectivity index (χ4v) is 2.83. The molecule has 1 atom stereocenters. The molecule has 1 fully saturated rings. The number of carbonyl (C=O) groups is 1. The molecule has 2 rings (SSSR count). The number of hydrogen-bond acceptors (Lipinski definition) is 3. The highest BCUT2D eigenvalue weighted by atomic mass is 79.9. The van der Waals surface area contributed by atoms with Crippen LogP contribution in [0.25, 0.3) is 0 Å². The van der Waals surface area contributed by atoms with Gasteiger partial charge in [0.2, 0.25) is 0 Å². The third-order valence-corrected chi connectivity index (χ3v) is 4.08. The lowest BCUT2D eigenvalue weighted by molar-refractivity contribution is 0.112. The number of piperidine rings is 1. The van der Waals surface area contributed by atoms with E-state index in [4.69, 9.17) is 0 Å². The van der Waals surface area contributed by atoms with Gasteiger partial charge in [-0.1, -0.05) is 15.9 Å². The Kier molecular flexibility index (Phi) is 4.40. The van der Waals surface area contributed by atoms with Crippen molar-refractivity contribution in [2.45, 2.75) is 18.9 Å². The summed E-state index contributed by atoms with van der Waals surface area (Å²) in [7, 11) is 4.24. The average Bonchev–Trinajstić information content (AvgIpc) is 2.39. The van der Waals surface area contributed by atoms with E-state index >= 15 is 0 Å². The number of anilines is 1. The molecular formula is C14H19BrN2O. The fraction of sp³-hybridized carbons (Fsp3) is 0.500. The second-order valence-electron chi connectivity index (χ2n) is 5.03. The summed E-state index contributed by atoms with van der Waals surface area (Å²) in [5, 5.41) is 0. The number of hydrogen-bond donors (Lipinski definition) is 0. The lowest BCUT2D eigenvalue weighted by atomic mass is 10.0. The Hall–Kier alpha value is -0.870. The van der Waals surface area contributed by atoms with Crippen molar-refractivity contribution < 1.29 is 4.79 Å². The van der Waals surface area contributed by atoms with Crippen molar-refractivity contribution in [3.8, 4) is 0 Å². The molecule has 98 valence electrons. The normalized spacial score (nSPS) is 20.2. The van der Waals surface area contributed by atoms with Crippen LogP contribution in [-0.2, 0) is 0 Å². The van der Waals surface area contributed by atoms with Gasteiger partial charge >= 0.3 is 0 Å². The molecule has 3 nitrogen and oxygen atoms in total. The molecule has 1 aliphatic rings. The van der Waals surface area contributed by atoms with E-state index in [-0.39, 0.29) is 0 Å². The quantitative estimate of drug-likeness (QED) is 0.802. The van der Waals surface area contributed by atoms with E-state index in [9.17, 15) is 4.79 Å². The fourth-order valence-electron chi connectivity index (χ4n) is 2.49. The molecule has 0 amide bonds. The molecule has 1 heterocycles. The van der Waals surface area contributed by atoms with Crippen LogP contribution in [0.2, 0.25) is 0 Å². The van der Waals surface area contributed by atoms with E-state index in [1.165, 1.54) is 12.8 Å². The van der Waals surface area contributed by atoms with Crippen molar-refractivity contribution in [1.82, 2.24) is 4.90 Å². The Morgan fingerprint density at radius 2 is 2.22 bits per heavy atom. The lowest BCUT2D eigenvalue weighted by Gasteiger charge is -2.38. The molecule has 0 N–H and O–H groups in total. The van der Waals surface area contributed by atoms with Gasteiger partial charge in [-0.25, -0.2) is 0 Å². The van der Waals surface area contributed by atoms with Crippen LogP contribution in [-0.4, -0.2) is 44.4 Å². The van der Waals surface area contributed by atoms with Crippen molar-refractivity contribution in [2.24, 2.45) is 0 Å². The Morgan fingerprint density at radius 1 is 1.44 bits per heavy atom. The van der Waals surface area contributed by atoms with Crippen LogP contribution in [0.3, 0.4) is 0 Å². The van der Waals surface area contributed by atoms with Gasteiger partial charge in [-0.3, -0.25) is 4.79 Å². The summed E-state index contributed by atoms with van der Waals surface area (Å²) in [4.78, 5) is 15.7. The number of nitrogens with zero attached hydrogens (tertiary/aromatic N) is 2. The number of aldehydes is 1. The molecule has 1 aromatic carbocycles. The van der Waals surface area contributed by atoms with Gasteiger partial charge in [0, 0.05) is 34.9 Å². The van der Waals surface area contributed by atoms with Gasteiger partial charge in [-0.2, -0.15) is 0 Å². The molecule has 1 unspecified atom stereocenters. The average molecular weight is 311 g/mol. The van der Waals surface area contributed by atoms with Gasteiger partial charge in [-0.05, 0) is 45.1 Å². The minimum Gasteiger partial charge on any atom is -0.369 e. The van der Waals surface area contributed by atoms with E-state index in [1.807, 2.05) is 18.2 Å². The Balaban J connectivity index is 2.25. The summed E-state index contributed by atoms with van der Waals surface area (Å²) in [6.45, 7) is 2.02. The van der Waals surface area contributed by atoms with Gasteiger partial charge in [0.05, 0.1) is 0 Å². The molecule has 1 saturated heterocycles. The van der Waals surface area contributed by atoms with E-state index in [2.05, 4.69) is 39.8 Å². The van der Waals surface area contributed by atoms with Crippen molar-refractivity contribution in [3.63, 3.8) is 0 Å². The van der Waals surface area contributed by atoms with Crippen molar-refractivity contribution in [3.05, 3.63) is 28.2 Å². The zero-order valence-electron chi connectivity index (χ0n) is 10.9. The standard InChI is InChI=1S/C14H19BrN2O/c1-16(2)13-4-3-7-17(9-13)14-8-12(15)6-5-11(14)10-18/h5-6,8,10,13H,3-4,7,9H2,1-2H3. The highest BCUT2D eigenvalue weighted by Crippen LogP contribution is 2.27. The SMILES string of the molecule is CN(C)C1CCCN(c2cc(Br)ccc2C=O)C1. The summed E-state index contributed by atoms with van der Waals surface area (Å²) in [6.07, 6.45) is 3.35. The van der Waals surface area contributed by atoms with Crippen LogP contribution >= 0.6 is 15.9 Å². The molecule has 1 aromatic rings. The zero-order valence-corrected chi connectivity index (χ0v) is 12.5. The highest BCUT2D eigenvalue weighted by Gasteiger charge is 2.23. The monoisotopic (exact) mass is 310 g/mol. The second kappa shape index (κ2) is 5.85. The van der Waals surface area contributed by atoms with Crippen LogP contribution in [0, 0.1) is 0 Å². The predicted octanol–water partition coefficient (Wildman–Crippen LogP) is 2.79. The van der Waals surface area contributed by atoms with Gasteiger partial charge in [0.25, 0.3) is 0 Å². The molecular weight excluding hydrogens is 292 g/mol. The van der Waals surface area contributed by atoms with Crippen molar-refractivity contribution in [2.75, 3.05) is 32.1 Å². The molecule has 1 aliphatic heterocycles. The van der Waals surface area contributed by atoms with Crippen molar-refractivity contribution >= 4 is 27.9 Å². The van der Waals surface area contributed by atoms with E-state index in [1.54, 1.807) is 0 Å². The van der Waals surface area contributed by atoms with E-state index < -0.39 is 0 Å². The first-order valence-corrected chi connectivity index (χ1v) is 7.07. The first-order chi connectivity index (χ1) is 8.61. The minimum absolute atomic E-state index is 0.567. The Morgan fingerprint density at radius 3 is 2.89 bits per heavy atom. The summed E-state index contributed by atoms with van der Waals surface area (Å²) < 4.78 is 1.02. The largest absolute Gasteiger partial charge is 0.369 e. The van der Waals surface area contributed by atoms with Crippen LogP contribution in [0.15, 0.2) is 22.7 Å². The maximum atomic E-state index is 11.1. The van der Waals surface area contributed by atoms with Crippen molar-refractivity contribution in [1.29, 1.82) is 0 Å². The molecule has 0 radical (unpaired) electrons. The second-order valence-corrected chi connectivity index (χ2v) is 5.94. The molecule has 0 spiro atoms. The van der Waals surface area contributed by atoms with Gasteiger partial charge in [0.1, 0.15) is 0 Å². The highest BCUT2D eigenvalue weighted by molar-refractivity contribution is 9.10. The molecule has 0 aromatic heterocycles. The Labute approximate surface area is 117 Å². The number of halogens is 1. The van der Waals surface area contributed by atoms with E-state index in [0.717, 1.165) is 35.1 Å².